The van der Waals surface area contributed by atoms with Crippen LogP contribution in [0, 0.1) is 5.92 Å². The van der Waals surface area contributed by atoms with Crippen LogP contribution >= 0.6 is 0 Å². The highest BCUT2D eigenvalue weighted by atomic mass is 32.2. The van der Waals surface area contributed by atoms with Crippen LogP contribution in [-0.2, 0) is 10.0 Å². The molecule has 1 aliphatic carbocycles. The van der Waals surface area contributed by atoms with Gasteiger partial charge in [0.2, 0.25) is 10.0 Å². The normalized spacial score (nSPS) is 17.1. The zero-order chi connectivity index (χ0) is 15.5. The minimum atomic E-state index is -3.51. The maximum Gasteiger partial charge on any atom is 0.242 e. The van der Waals surface area contributed by atoms with Crippen molar-refractivity contribution in [2.75, 3.05) is 13.6 Å². The van der Waals surface area contributed by atoms with Crippen molar-refractivity contribution >= 4 is 15.8 Å². The Hall–Kier alpha value is -1.20. The predicted molar refractivity (Wildman–Crippen MR) is 82.8 cm³/mol. The fraction of sp³-hybridized carbons (Fsp3) is 0.562. The van der Waals surface area contributed by atoms with Gasteiger partial charge in [0, 0.05) is 19.2 Å². The van der Waals surface area contributed by atoms with E-state index in [1.807, 2.05) is 0 Å². The first-order chi connectivity index (χ1) is 9.91. The summed E-state index contributed by atoms with van der Waals surface area (Å²) in [5.74, 6) is 0.330. The highest BCUT2D eigenvalue weighted by Gasteiger charge is 2.25. The molecule has 0 amide bonds. The third-order valence-corrected chi connectivity index (χ3v) is 6.01. The number of benzene rings is 1. The zero-order valence-corrected chi connectivity index (χ0v) is 13.5. The molecule has 0 saturated heterocycles. The summed E-state index contributed by atoms with van der Waals surface area (Å²) in [6.45, 7) is 2.00. The SMILES string of the molecule is CC(=O)c1cccc(S(=O)(=O)N(C)CC2CCCCC2)c1. The molecule has 1 fully saturated rings. The van der Waals surface area contributed by atoms with E-state index in [1.165, 1.54) is 36.6 Å². The van der Waals surface area contributed by atoms with E-state index in [9.17, 15) is 13.2 Å². The van der Waals surface area contributed by atoms with Crippen molar-refractivity contribution in [3.05, 3.63) is 29.8 Å². The number of ketones is 1. The molecule has 21 heavy (non-hydrogen) atoms. The van der Waals surface area contributed by atoms with Crippen molar-refractivity contribution < 1.29 is 13.2 Å². The lowest BCUT2D eigenvalue weighted by Gasteiger charge is -2.26. The van der Waals surface area contributed by atoms with Gasteiger partial charge in [-0.25, -0.2) is 12.7 Å². The lowest BCUT2D eigenvalue weighted by atomic mass is 9.89. The van der Waals surface area contributed by atoms with E-state index in [2.05, 4.69) is 0 Å². The molecular formula is C16H23NO3S. The molecule has 1 aromatic carbocycles. The van der Waals surface area contributed by atoms with E-state index in [0.29, 0.717) is 18.0 Å². The molecule has 0 atom stereocenters. The molecule has 0 aromatic heterocycles. The van der Waals surface area contributed by atoms with Gasteiger partial charge in [-0.2, -0.15) is 0 Å². The molecule has 0 aliphatic heterocycles. The molecule has 116 valence electrons. The third-order valence-electron chi connectivity index (χ3n) is 4.19. The number of hydrogen-bond acceptors (Lipinski definition) is 3. The standard InChI is InChI=1S/C16H23NO3S/c1-13(18)15-9-6-10-16(11-15)21(19,20)17(2)12-14-7-4-3-5-8-14/h6,9-11,14H,3-5,7-8,12H2,1-2H3. The first kappa shape index (κ1) is 16.2. The number of Topliss-reactive ketones (excluding diaryl/α,β-unsaturated/α-hetero) is 1. The summed E-state index contributed by atoms with van der Waals surface area (Å²) >= 11 is 0. The van der Waals surface area contributed by atoms with Crippen LogP contribution < -0.4 is 0 Å². The predicted octanol–water partition coefficient (Wildman–Crippen LogP) is 3.09. The second kappa shape index (κ2) is 6.71. The van der Waals surface area contributed by atoms with Gasteiger partial charge >= 0.3 is 0 Å². The van der Waals surface area contributed by atoms with E-state index in [4.69, 9.17) is 0 Å². The van der Waals surface area contributed by atoms with Gasteiger partial charge in [0.15, 0.2) is 5.78 Å². The van der Waals surface area contributed by atoms with Crippen LogP contribution in [0.25, 0.3) is 0 Å². The minimum Gasteiger partial charge on any atom is -0.295 e. The molecule has 0 N–H and O–H groups in total. The van der Waals surface area contributed by atoms with E-state index in [-0.39, 0.29) is 10.7 Å². The molecule has 5 heteroatoms. The molecule has 0 bridgehead atoms. The van der Waals surface area contributed by atoms with Crippen LogP contribution in [0.1, 0.15) is 49.4 Å². The van der Waals surface area contributed by atoms with E-state index < -0.39 is 10.0 Å². The Morgan fingerprint density at radius 2 is 1.90 bits per heavy atom. The third kappa shape index (κ3) is 3.92. The summed E-state index contributed by atoms with van der Waals surface area (Å²) in [4.78, 5) is 11.6. The van der Waals surface area contributed by atoms with Gasteiger partial charge in [0.05, 0.1) is 4.90 Å². The number of carbonyl (C=O) groups is 1. The van der Waals surface area contributed by atoms with E-state index >= 15 is 0 Å². The highest BCUT2D eigenvalue weighted by molar-refractivity contribution is 7.89. The van der Waals surface area contributed by atoms with Gasteiger partial charge in [0.1, 0.15) is 0 Å². The summed E-state index contributed by atoms with van der Waals surface area (Å²) in [5.41, 5.74) is 0.433. The number of hydrogen-bond donors (Lipinski definition) is 0. The molecule has 4 nitrogen and oxygen atoms in total. The topological polar surface area (TPSA) is 54.5 Å². The van der Waals surface area contributed by atoms with Crippen molar-refractivity contribution in [3.8, 4) is 0 Å². The van der Waals surface area contributed by atoms with Crippen LogP contribution in [0.5, 0.6) is 0 Å². The lowest BCUT2D eigenvalue weighted by Crippen LogP contribution is -2.32. The summed E-state index contributed by atoms with van der Waals surface area (Å²) < 4.78 is 26.6. The Balaban J connectivity index is 2.16. The summed E-state index contributed by atoms with van der Waals surface area (Å²) in [6.07, 6.45) is 5.85. The van der Waals surface area contributed by atoms with Crippen LogP contribution in [0.3, 0.4) is 0 Å². The monoisotopic (exact) mass is 309 g/mol. The Kier molecular flexibility index (Phi) is 5.17. The lowest BCUT2D eigenvalue weighted by molar-refractivity contribution is 0.101. The average Bonchev–Trinajstić information content (AvgIpc) is 2.48. The van der Waals surface area contributed by atoms with Gasteiger partial charge < -0.3 is 0 Å². The quantitative estimate of drug-likeness (QED) is 0.785. The van der Waals surface area contributed by atoms with Crippen molar-refractivity contribution in [2.24, 2.45) is 5.92 Å². The minimum absolute atomic E-state index is 0.123. The largest absolute Gasteiger partial charge is 0.295 e. The Morgan fingerprint density at radius 3 is 2.52 bits per heavy atom. The first-order valence-electron chi connectivity index (χ1n) is 7.48. The Morgan fingerprint density at radius 1 is 1.24 bits per heavy atom. The molecule has 0 unspecified atom stereocenters. The van der Waals surface area contributed by atoms with Gasteiger partial charge in [-0.1, -0.05) is 31.4 Å². The number of carbonyl (C=O) groups excluding carboxylic acids is 1. The molecule has 0 spiro atoms. The average molecular weight is 309 g/mol. The molecule has 2 rings (SSSR count). The Bertz CT molecular complexity index is 604. The molecular weight excluding hydrogens is 286 g/mol. The van der Waals surface area contributed by atoms with Crippen molar-refractivity contribution in [3.63, 3.8) is 0 Å². The van der Waals surface area contributed by atoms with E-state index in [1.54, 1.807) is 25.2 Å². The highest BCUT2D eigenvalue weighted by Crippen LogP contribution is 2.26. The van der Waals surface area contributed by atoms with E-state index in [0.717, 1.165) is 12.8 Å². The number of rotatable bonds is 5. The molecule has 0 radical (unpaired) electrons. The fourth-order valence-corrected chi connectivity index (χ4v) is 4.18. The number of nitrogens with zero attached hydrogens (tertiary/aromatic N) is 1. The van der Waals surface area contributed by atoms with Gasteiger partial charge in [-0.3, -0.25) is 4.79 Å². The first-order valence-corrected chi connectivity index (χ1v) is 8.92. The zero-order valence-electron chi connectivity index (χ0n) is 12.7. The molecule has 1 aliphatic rings. The number of sulfonamides is 1. The summed E-state index contributed by atoms with van der Waals surface area (Å²) in [5, 5.41) is 0. The van der Waals surface area contributed by atoms with Crippen molar-refractivity contribution in [1.29, 1.82) is 0 Å². The van der Waals surface area contributed by atoms with Crippen LogP contribution in [0.2, 0.25) is 0 Å². The van der Waals surface area contributed by atoms with Crippen molar-refractivity contribution in [1.82, 2.24) is 4.31 Å². The second-order valence-electron chi connectivity index (χ2n) is 5.87. The Labute approximate surface area is 127 Å². The molecule has 1 saturated carbocycles. The van der Waals surface area contributed by atoms with Gasteiger partial charge in [0.25, 0.3) is 0 Å². The fourth-order valence-electron chi connectivity index (χ4n) is 2.89. The molecule has 0 heterocycles. The van der Waals surface area contributed by atoms with Crippen molar-refractivity contribution in [2.45, 2.75) is 43.9 Å². The van der Waals surface area contributed by atoms with Crippen LogP contribution in [0.15, 0.2) is 29.2 Å². The summed E-state index contributed by atoms with van der Waals surface area (Å²) in [7, 11) is -1.88. The maximum absolute atomic E-state index is 12.6. The van der Waals surface area contributed by atoms with Crippen LogP contribution in [-0.4, -0.2) is 32.1 Å². The smallest absolute Gasteiger partial charge is 0.242 e. The van der Waals surface area contributed by atoms with Gasteiger partial charge in [-0.15, -0.1) is 0 Å². The second-order valence-corrected chi connectivity index (χ2v) is 7.92. The maximum atomic E-state index is 12.6. The molecule has 1 aromatic rings. The van der Waals surface area contributed by atoms with Crippen LogP contribution in [0.4, 0.5) is 0 Å². The summed E-state index contributed by atoms with van der Waals surface area (Å²) in [6, 6.07) is 6.29. The van der Waals surface area contributed by atoms with Gasteiger partial charge in [-0.05, 0) is 37.8 Å².